The van der Waals surface area contributed by atoms with E-state index in [1.165, 1.54) is 0 Å². The molecule has 7 heteroatoms. The van der Waals surface area contributed by atoms with Crippen LogP contribution in [-0.4, -0.2) is 24.5 Å². The molecule has 0 atom stereocenters. The molecule has 0 bridgehead atoms. The van der Waals surface area contributed by atoms with E-state index in [-0.39, 0.29) is 10.5 Å². The minimum Gasteiger partial charge on any atom is -0.478 e. The third kappa shape index (κ3) is 4.33. The van der Waals surface area contributed by atoms with Crippen LogP contribution in [0.25, 0.3) is 22.2 Å². The molecule has 4 rings (SSSR count). The number of pyridine rings is 1. The Bertz CT molecular complexity index is 1410. The number of nitrogens with one attached hydrogen (secondary N) is 1. The Morgan fingerprint density at radius 2 is 1.66 bits per heavy atom. The fourth-order valence-corrected chi connectivity index (χ4v) is 4.52. The number of hydrogen-bond donors (Lipinski definition) is 2. The molecule has 0 aliphatic carbocycles. The zero-order valence-electron chi connectivity index (χ0n) is 17.7. The summed E-state index contributed by atoms with van der Waals surface area (Å²) >= 11 is 0. The number of carboxylic acid groups (broad SMARTS) is 1. The number of anilines is 1. The van der Waals surface area contributed by atoms with E-state index >= 15 is 0 Å². The molecule has 0 aliphatic rings. The Morgan fingerprint density at radius 1 is 0.969 bits per heavy atom. The van der Waals surface area contributed by atoms with Crippen LogP contribution in [0.1, 0.15) is 28.4 Å². The molecule has 3 aromatic carbocycles. The first kappa shape index (κ1) is 21.5. The predicted octanol–water partition coefficient (Wildman–Crippen LogP) is 5.27. The zero-order chi connectivity index (χ0) is 22.9. The van der Waals surface area contributed by atoms with Crippen molar-refractivity contribution >= 4 is 32.6 Å². The van der Waals surface area contributed by atoms with E-state index < -0.39 is 16.0 Å². The molecule has 6 nitrogen and oxygen atoms in total. The Hall–Kier alpha value is -3.71. The first-order valence-electron chi connectivity index (χ1n) is 10.1. The van der Waals surface area contributed by atoms with Crippen LogP contribution in [0, 0.1) is 6.92 Å². The lowest BCUT2D eigenvalue weighted by atomic mass is 10.0. The van der Waals surface area contributed by atoms with Gasteiger partial charge in [-0.3, -0.25) is 4.72 Å². The number of carbonyl (C=O) groups is 1. The van der Waals surface area contributed by atoms with E-state index in [9.17, 15) is 18.3 Å². The summed E-state index contributed by atoms with van der Waals surface area (Å²) in [6.07, 6.45) is 0.802. The summed E-state index contributed by atoms with van der Waals surface area (Å²) in [4.78, 5) is 16.7. The minimum absolute atomic E-state index is 0.181. The Labute approximate surface area is 186 Å². The number of nitrogens with zero attached hydrogens (tertiary/aromatic N) is 1. The van der Waals surface area contributed by atoms with Gasteiger partial charge in [0.1, 0.15) is 0 Å². The highest BCUT2D eigenvalue weighted by molar-refractivity contribution is 7.92. The maximum absolute atomic E-state index is 12.6. The SMILES string of the molecule is CCc1ccc2nc(-c3ccc(NS(=O)(=O)c4ccc(C)cc4)cc3)cc(C(=O)O)c2c1. The van der Waals surface area contributed by atoms with Gasteiger partial charge in [0.2, 0.25) is 0 Å². The second-order valence-corrected chi connectivity index (χ2v) is 9.24. The van der Waals surface area contributed by atoms with Crippen LogP contribution in [0.15, 0.2) is 77.7 Å². The molecule has 4 aromatic rings. The minimum atomic E-state index is -3.70. The smallest absolute Gasteiger partial charge is 0.336 e. The zero-order valence-corrected chi connectivity index (χ0v) is 18.5. The summed E-state index contributed by atoms with van der Waals surface area (Å²) in [5.74, 6) is -1.02. The average Bonchev–Trinajstić information content (AvgIpc) is 2.78. The first-order chi connectivity index (χ1) is 15.3. The van der Waals surface area contributed by atoms with Crippen LogP contribution in [0.4, 0.5) is 5.69 Å². The van der Waals surface area contributed by atoms with Crippen molar-refractivity contribution in [2.45, 2.75) is 25.2 Å². The summed E-state index contributed by atoms with van der Waals surface area (Å²) in [5, 5.41) is 10.3. The van der Waals surface area contributed by atoms with Crippen molar-refractivity contribution in [1.29, 1.82) is 0 Å². The van der Waals surface area contributed by atoms with Crippen LogP contribution < -0.4 is 4.72 Å². The third-order valence-electron chi connectivity index (χ3n) is 5.28. The molecule has 0 saturated heterocycles. The molecule has 0 aliphatic heterocycles. The van der Waals surface area contributed by atoms with Gasteiger partial charge in [0.05, 0.1) is 21.7 Å². The van der Waals surface area contributed by atoms with E-state index in [0.29, 0.717) is 27.8 Å². The molecule has 1 aromatic heterocycles. The summed E-state index contributed by atoms with van der Waals surface area (Å²) < 4.78 is 27.8. The summed E-state index contributed by atoms with van der Waals surface area (Å²) in [7, 11) is -3.70. The normalized spacial score (nSPS) is 11.4. The van der Waals surface area contributed by atoms with E-state index in [1.54, 1.807) is 54.6 Å². The number of fused-ring (bicyclic) bond motifs is 1. The number of aryl methyl sites for hydroxylation is 2. The Kier molecular flexibility index (Phi) is 5.67. The van der Waals surface area contributed by atoms with Crippen molar-refractivity contribution in [3.63, 3.8) is 0 Å². The lowest BCUT2D eigenvalue weighted by Gasteiger charge is -2.11. The van der Waals surface area contributed by atoms with Crippen LogP contribution in [0.5, 0.6) is 0 Å². The van der Waals surface area contributed by atoms with E-state index in [4.69, 9.17) is 0 Å². The van der Waals surface area contributed by atoms with Gasteiger partial charge in [-0.1, -0.05) is 42.8 Å². The van der Waals surface area contributed by atoms with Crippen LogP contribution in [0.3, 0.4) is 0 Å². The molecule has 0 spiro atoms. The van der Waals surface area contributed by atoms with Crippen molar-refractivity contribution in [3.8, 4) is 11.3 Å². The highest BCUT2D eigenvalue weighted by Gasteiger charge is 2.16. The molecule has 0 fully saturated rings. The molecule has 0 unspecified atom stereocenters. The molecule has 1 heterocycles. The molecule has 0 saturated carbocycles. The van der Waals surface area contributed by atoms with Gasteiger partial charge in [0.25, 0.3) is 10.0 Å². The van der Waals surface area contributed by atoms with Crippen molar-refractivity contribution < 1.29 is 18.3 Å². The molecule has 162 valence electrons. The second-order valence-electron chi connectivity index (χ2n) is 7.56. The fourth-order valence-electron chi connectivity index (χ4n) is 3.46. The average molecular weight is 447 g/mol. The number of benzene rings is 3. The van der Waals surface area contributed by atoms with Gasteiger partial charge in [-0.15, -0.1) is 0 Å². The van der Waals surface area contributed by atoms with Crippen LogP contribution in [0.2, 0.25) is 0 Å². The Morgan fingerprint density at radius 3 is 2.28 bits per heavy atom. The summed E-state index contributed by atoms with van der Waals surface area (Å²) in [6.45, 7) is 3.90. The van der Waals surface area contributed by atoms with E-state index in [1.807, 2.05) is 32.0 Å². The van der Waals surface area contributed by atoms with Gasteiger partial charge in [-0.2, -0.15) is 0 Å². The maximum atomic E-state index is 12.6. The predicted molar refractivity (Wildman–Crippen MR) is 126 cm³/mol. The number of aromatic carboxylic acids is 1. The van der Waals surface area contributed by atoms with Gasteiger partial charge in [-0.25, -0.2) is 18.2 Å². The number of aromatic nitrogens is 1. The molecule has 0 amide bonds. The van der Waals surface area contributed by atoms with Crippen molar-refractivity contribution in [2.24, 2.45) is 0 Å². The summed E-state index contributed by atoms with van der Waals surface area (Å²) in [5.41, 5.74) is 4.40. The fraction of sp³-hybridized carbons (Fsp3) is 0.120. The monoisotopic (exact) mass is 446 g/mol. The molecule has 2 N–H and O–H groups in total. The molecule has 0 radical (unpaired) electrons. The lowest BCUT2D eigenvalue weighted by Crippen LogP contribution is -2.12. The van der Waals surface area contributed by atoms with Crippen LogP contribution >= 0.6 is 0 Å². The van der Waals surface area contributed by atoms with Gasteiger partial charge < -0.3 is 5.11 Å². The third-order valence-corrected chi connectivity index (χ3v) is 6.67. The summed E-state index contributed by atoms with van der Waals surface area (Å²) in [6, 6.07) is 20.5. The maximum Gasteiger partial charge on any atom is 0.336 e. The van der Waals surface area contributed by atoms with Crippen molar-refractivity contribution in [3.05, 3.63) is 89.5 Å². The first-order valence-corrected chi connectivity index (χ1v) is 11.6. The quantitative estimate of drug-likeness (QED) is 0.420. The van der Waals surface area contributed by atoms with Crippen molar-refractivity contribution in [2.75, 3.05) is 4.72 Å². The van der Waals surface area contributed by atoms with E-state index in [0.717, 1.165) is 17.5 Å². The number of carboxylic acids is 1. The number of rotatable bonds is 6. The highest BCUT2D eigenvalue weighted by Crippen LogP contribution is 2.27. The highest BCUT2D eigenvalue weighted by atomic mass is 32.2. The molecular formula is C25H22N2O4S. The van der Waals surface area contributed by atoms with Gasteiger partial charge in [-0.05, 0) is 61.4 Å². The van der Waals surface area contributed by atoms with Gasteiger partial charge in [0, 0.05) is 16.6 Å². The molecular weight excluding hydrogens is 424 g/mol. The largest absolute Gasteiger partial charge is 0.478 e. The molecule has 32 heavy (non-hydrogen) atoms. The van der Waals surface area contributed by atoms with Gasteiger partial charge >= 0.3 is 5.97 Å². The second kappa shape index (κ2) is 8.43. The van der Waals surface area contributed by atoms with Gasteiger partial charge in [0.15, 0.2) is 0 Å². The standard InChI is InChI=1S/C25H22N2O4S/c1-3-17-6-13-23-21(14-17)22(25(28)29)15-24(26-23)18-7-9-19(10-8-18)27-32(30,31)20-11-4-16(2)5-12-20/h4-15,27H,3H2,1-2H3,(H,28,29). The topological polar surface area (TPSA) is 96.4 Å². The Balaban J connectivity index is 1.67. The van der Waals surface area contributed by atoms with Crippen molar-refractivity contribution in [1.82, 2.24) is 4.98 Å². The van der Waals surface area contributed by atoms with Crippen LogP contribution in [-0.2, 0) is 16.4 Å². The number of hydrogen-bond acceptors (Lipinski definition) is 4. The number of sulfonamides is 1. The van der Waals surface area contributed by atoms with E-state index in [2.05, 4.69) is 9.71 Å². The lowest BCUT2D eigenvalue weighted by molar-refractivity contribution is 0.0699.